The van der Waals surface area contributed by atoms with Crippen molar-refractivity contribution in [2.45, 2.75) is 45.6 Å². The van der Waals surface area contributed by atoms with Crippen LogP contribution in [-0.2, 0) is 4.79 Å². The van der Waals surface area contributed by atoms with Crippen molar-refractivity contribution in [3.05, 3.63) is 35.4 Å². The Morgan fingerprint density at radius 3 is 2.48 bits per heavy atom. The van der Waals surface area contributed by atoms with Gasteiger partial charge in [-0.2, -0.15) is 0 Å². The first-order chi connectivity index (χ1) is 9.85. The van der Waals surface area contributed by atoms with Crippen LogP contribution in [0.3, 0.4) is 0 Å². The molecule has 0 bridgehead atoms. The fourth-order valence-electron chi connectivity index (χ4n) is 2.27. The molecule has 0 spiro atoms. The van der Waals surface area contributed by atoms with E-state index in [1.165, 1.54) is 12.1 Å². The van der Waals surface area contributed by atoms with E-state index in [2.05, 4.69) is 5.32 Å². The van der Waals surface area contributed by atoms with Gasteiger partial charge in [-0.1, -0.05) is 26.8 Å². The van der Waals surface area contributed by atoms with Crippen LogP contribution in [-0.4, -0.2) is 23.7 Å². The van der Waals surface area contributed by atoms with E-state index in [0.717, 1.165) is 6.07 Å². The second-order valence-corrected chi connectivity index (χ2v) is 5.70. The second-order valence-electron chi connectivity index (χ2n) is 5.70. The van der Waals surface area contributed by atoms with Crippen molar-refractivity contribution in [1.82, 2.24) is 5.32 Å². The number of hydrogen-bond acceptors (Lipinski definition) is 2. The average Bonchev–Trinajstić information content (AvgIpc) is 2.37. The van der Waals surface area contributed by atoms with Crippen molar-refractivity contribution in [2.24, 2.45) is 5.92 Å². The van der Waals surface area contributed by atoms with Crippen LogP contribution in [0.15, 0.2) is 18.2 Å². The van der Waals surface area contributed by atoms with Crippen LogP contribution >= 0.6 is 0 Å². The van der Waals surface area contributed by atoms with E-state index in [1.54, 1.807) is 6.92 Å². The first-order valence-electron chi connectivity index (χ1n) is 7.20. The molecule has 1 rings (SSSR count). The van der Waals surface area contributed by atoms with Crippen LogP contribution in [0.25, 0.3) is 0 Å². The Morgan fingerprint density at radius 2 is 1.95 bits per heavy atom. The minimum atomic E-state index is -0.633. The average molecular weight is 299 g/mol. The lowest BCUT2D eigenvalue weighted by Gasteiger charge is -2.22. The summed E-state index contributed by atoms with van der Waals surface area (Å²) in [4.78, 5) is 12.0. The Balaban J connectivity index is 2.65. The Kier molecular flexibility index (Phi) is 6.75. The van der Waals surface area contributed by atoms with Gasteiger partial charge in [0, 0.05) is 25.1 Å². The molecule has 0 fully saturated rings. The lowest BCUT2D eigenvalue weighted by Crippen LogP contribution is -2.39. The number of carbonyl (C=O) groups excluding carboxylic acids is 1. The first kappa shape index (κ1) is 17.6. The number of amides is 1. The zero-order valence-electron chi connectivity index (χ0n) is 12.7. The van der Waals surface area contributed by atoms with Gasteiger partial charge in [0.25, 0.3) is 0 Å². The molecule has 3 nitrogen and oxygen atoms in total. The van der Waals surface area contributed by atoms with Gasteiger partial charge in [0.2, 0.25) is 5.91 Å². The largest absolute Gasteiger partial charge is 0.396 e. The molecule has 1 amide bonds. The summed E-state index contributed by atoms with van der Waals surface area (Å²) in [6.45, 7) is 5.66. The Hall–Kier alpha value is -1.49. The van der Waals surface area contributed by atoms with Gasteiger partial charge < -0.3 is 10.4 Å². The van der Waals surface area contributed by atoms with Gasteiger partial charge >= 0.3 is 0 Å². The minimum Gasteiger partial charge on any atom is -0.396 e. The molecule has 0 saturated heterocycles. The maximum Gasteiger partial charge on any atom is 0.220 e. The summed E-state index contributed by atoms with van der Waals surface area (Å²) in [5, 5.41) is 11.8. The van der Waals surface area contributed by atoms with Crippen LogP contribution < -0.4 is 5.32 Å². The van der Waals surface area contributed by atoms with Crippen LogP contribution in [0.2, 0.25) is 0 Å². The molecule has 118 valence electrons. The van der Waals surface area contributed by atoms with Gasteiger partial charge in [-0.3, -0.25) is 4.79 Å². The molecular formula is C16H23F2NO2. The molecule has 2 atom stereocenters. The van der Waals surface area contributed by atoms with Gasteiger partial charge in [0.15, 0.2) is 0 Å². The van der Waals surface area contributed by atoms with E-state index in [9.17, 15) is 13.6 Å². The molecule has 1 aromatic carbocycles. The van der Waals surface area contributed by atoms with Gasteiger partial charge in [0.1, 0.15) is 11.6 Å². The summed E-state index contributed by atoms with van der Waals surface area (Å²) in [5.41, 5.74) is 0.329. The molecule has 2 unspecified atom stereocenters. The predicted molar refractivity (Wildman–Crippen MR) is 77.9 cm³/mol. The van der Waals surface area contributed by atoms with Crippen molar-refractivity contribution in [2.75, 3.05) is 6.61 Å². The van der Waals surface area contributed by atoms with Crippen LogP contribution in [0.5, 0.6) is 0 Å². The molecule has 5 heteroatoms. The summed E-state index contributed by atoms with van der Waals surface area (Å²) in [5.74, 6) is -1.59. The highest BCUT2D eigenvalue weighted by atomic mass is 19.1. The molecule has 0 aliphatic carbocycles. The van der Waals surface area contributed by atoms with Crippen molar-refractivity contribution in [3.63, 3.8) is 0 Å². The molecule has 0 heterocycles. The standard InChI is InChI=1S/C16H23F2NO2/c1-10(2)15(6-7-20)19-16(21)8-11(3)13-5-4-12(17)9-14(13)18/h4-5,9-11,15,20H,6-8H2,1-3H3,(H,19,21). The number of benzene rings is 1. The third-order valence-corrected chi connectivity index (χ3v) is 3.58. The fraction of sp³-hybridized carbons (Fsp3) is 0.562. The van der Waals surface area contributed by atoms with E-state index in [-0.39, 0.29) is 36.8 Å². The molecule has 0 radical (unpaired) electrons. The van der Waals surface area contributed by atoms with Gasteiger partial charge in [-0.15, -0.1) is 0 Å². The Morgan fingerprint density at radius 1 is 1.29 bits per heavy atom. The fourth-order valence-corrected chi connectivity index (χ4v) is 2.27. The summed E-state index contributed by atoms with van der Waals surface area (Å²) >= 11 is 0. The molecule has 0 aromatic heterocycles. The summed E-state index contributed by atoms with van der Waals surface area (Å²) in [6.07, 6.45) is 0.611. The maximum absolute atomic E-state index is 13.7. The second kappa shape index (κ2) is 8.08. The first-order valence-corrected chi connectivity index (χ1v) is 7.20. The predicted octanol–water partition coefficient (Wildman–Crippen LogP) is 2.98. The lowest BCUT2D eigenvalue weighted by atomic mass is 9.95. The zero-order chi connectivity index (χ0) is 16.0. The number of carbonyl (C=O) groups is 1. The Bertz CT molecular complexity index is 477. The zero-order valence-corrected chi connectivity index (χ0v) is 12.7. The smallest absolute Gasteiger partial charge is 0.220 e. The molecule has 21 heavy (non-hydrogen) atoms. The highest BCUT2D eigenvalue weighted by Gasteiger charge is 2.19. The van der Waals surface area contributed by atoms with E-state index in [1.807, 2.05) is 13.8 Å². The molecular weight excluding hydrogens is 276 g/mol. The third kappa shape index (κ3) is 5.42. The van der Waals surface area contributed by atoms with Crippen molar-refractivity contribution in [3.8, 4) is 0 Å². The number of hydrogen-bond donors (Lipinski definition) is 2. The number of aliphatic hydroxyl groups excluding tert-OH is 1. The number of rotatable bonds is 7. The number of halogens is 2. The van der Waals surface area contributed by atoms with Gasteiger partial charge in [-0.25, -0.2) is 8.78 Å². The van der Waals surface area contributed by atoms with E-state index in [0.29, 0.717) is 12.0 Å². The summed E-state index contributed by atoms with van der Waals surface area (Å²) < 4.78 is 26.5. The van der Waals surface area contributed by atoms with E-state index >= 15 is 0 Å². The Labute approximate surface area is 124 Å². The van der Waals surface area contributed by atoms with Gasteiger partial charge in [0.05, 0.1) is 0 Å². The quantitative estimate of drug-likeness (QED) is 0.813. The van der Waals surface area contributed by atoms with Crippen molar-refractivity contribution < 1.29 is 18.7 Å². The molecule has 1 aromatic rings. The normalized spacial score (nSPS) is 14.0. The lowest BCUT2D eigenvalue weighted by molar-refractivity contribution is -0.122. The molecule has 0 aliphatic rings. The SMILES string of the molecule is CC(CC(=O)NC(CCO)C(C)C)c1ccc(F)cc1F. The summed E-state index contributed by atoms with van der Waals surface area (Å²) in [7, 11) is 0. The molecule has 0 aliphatic heterocycles. The highest BCUT2D eigenvalue weighted by molar-refractivity contribution is 5.77. The molecule has 0 saturated carbocycles. The topological polar surface area (TPSA) is 49.3 Å². The number of nitrogens with one attached hydrogen (secondary N) is 1. The van der Waals surface area contributed by atoms with Crippen LogP contribution in [0.4, 0.5) is 8.78 Å². The van der Waals surface area contributed by atoms with Crippen molar-refractivity contribution >= 4 is 5.91 Å². The van der Waals surface area contributed by atoms with Crippen LogP contribution in [0, 0.1) is 17.6 Å². The highest BCUT2D eigenvalue weighted by Crippen LogP contribution is 2.23. The van der Waals surface area contributed by atoms with E-state index in [4.69, 9.17) is 5.11 Å². The number of aliphatic hydroxyl groups is 1. The van der Waals surface area contributed by atoms with E-state index < -0.39 is 11.6 Å². The monoisotopic (exact) mass is 299 g/mol. The van der Waals surface area contributed by atoms with Gasteiger partial charge in [-0.05, 0) is 29.9 Å². The van der Waals surface area contributed by atoms with Crippen molar-refractivity contribution in [1.29, 1.82) is 0 Å². The van der Waals surface area contributed by atoms with Crippen LogP contribution in [0.1, 0.15) is 45.1 Å². The minimum absolute atomic E-state index is 0.00523. The third-order valence-electron chi connectivity index (χ3n) is 3.58. The summed E-state index contributed by atoms with van der Waals surface area (Å²) in [6, 6.07) is 3.28. The molecule has 2 N–H and O–H groups in total. The maximum atomic E-state index is 13.7.